The predicted molar refractivity (Wildman–Crippen MR) is 148 cm³/mol. The third-order valence-electron chi connectivity index (χ3n) is 8.79. The van der Waals surface area contributed by atoms with E-state index in [2.05, 4.69) is 77.0 Å². The number of piperidine rings is 1. The number of piperazine rings is 1. The van der Waals surface area contributed by atoms with E-state index in [9.17, 15) is 4.79 Å². The van der Waals surface area contributed by atoms with Gasteiger partial charge in [-0.1, -0.05) is 31.2 Å². The van der Waals surface area contributed by atoms with Gasteiger partial charge in [0.2, 0.25) is 0 Å². The quantitative estimate of drug-likeness (QED) is 0.621. The Morgan fingerprint density at radius 2 is 1.58 bits per heavy atom. The topological polar surface area (TPSA) is 33.3 Å². The van der Waals surface area contributed by atoms with E-state index in [1.165, 1.54) is 29.7 Å². The van der Waals surface area contributed by atoms with Crippen molar-refractivity contribution in [2.24, 2.45) is 0 Å². The Labute approximate surface area is 217 Å². The summed E-state index contributed by atoms with van der Waals surface area (Å²) in [5.74, 6) is 0.174. The van der Waals surface area contributed by atoms with Gasteiger partial charge in [-0.25, -0.2) is 0 Å². The number of benzene rings is 2. The predicted octanol–water partition coefficient (Wildman–Crippen LogP) is 3.42. The number of carbonyl (C=O) groups excluding carboxylic acids is 1. The average Bonchev–Trinajstić information content (AvgIpc) is 2.93. The second kappa shape index (κ2) is 11.3. The molecule has 194 valence electrons. The average molecular weight is 490 g/mol. The van der Waals surface area contributed by atoms with Crippen molar-refractivity contribution in [3.8, 4) is 0 Å². The summed E-state index contributed by atoms with van der Waals surface area (Å²) in [6.07, 6.45) is 3.52. The van der Waals surface area contributed by atoms with Crippen LogP contribution in [-0.2, 0) is 13.0 Å². The summed E-state index contributed by atoms with van der Waals surface area (Å²) < 4.78 is 0. The van der Waals surface area contributed by atoms with Crippen molar-refractivity contribution in [3.05, 3.63) is 65.2 Å². The van der Waals surface area contributed by atoms with Crippen LogP contribution in [0.1, 0.15) is 41.3 Å². The molecule has 0 saturated carbocycles. The first kappa shape index (κ1) is 25.2. The number of hydrogen-bond donors (Lipinski definition) is 0. The van der Waals surface area contributed by atoms with Gasteiger partial charge in [-0.05, 0) is 75.3 Å². The number of anilines is 1. The molecular formula is C30H43N5O. The second-order valence-corrected chi connectivity index (χ2v) is 11.0. The minimum Gasteiger partial charge on any atom is -0.371 e. The molecule has 5 rings (SSSR count). The van der Waals surface area contributed by atoms with Crippen LogP contribution in [0.2, 0.25) is 0 Å². The molecule has 6 heteroatoms. The van der Waals surface area contributed by atoms with Gasteiger partial charge in [0.05, 0.1) is 0 Å². The summed E-state index contributed by atoms with van der Waals surface area (Å²) >= 11 is 0. The maximum atomic E-state index is 12.9. The highest BCUT2D eigenvalue weighted by Crippen LogP contribution is 2.26. The van der Waals surface area contributed by atoms with Crippen LogP contribution in [0.25, 0.3) is 0 Å². The molecule has 0 spiro atoms. The summed E-state index contributed by atoms with van der Waals surface area (Å²) in [6, 6.07) is 18.5. The fourth-order valence-electron chi connectivity index (χ4n) is 6.23. The Morgan fingerprint density at radius 3 is 2.25 bits per heavy atom. The fourth-order valence-corrected chi connectivity index (χ4v) is 6.23. The van der Waals surface area contributed by atoms with Gasteiger partial charge in [0.25, 0.3) is 5.91 Å². The normalized spacial score (nSPS) is 22.2. The molecule has 2 fully saturated rings. The second-order valence-electron chi connectivity index (χ2n) is 11.0. The first-order valence-corrected chi connectivity index (χ1v) is 13.9. The van der Waals surface area contributed by atoms with E-state index in [1.807, 2.05) is 17.0 Å². The third-order valence-corrected chi connectivity index (χ3v) is 8.79. The maximum Gasteiger partial charge on any atom is 0.253 e. The van der Waals surface area contributed by atoms with Crippen LogP contribution in [-0.4, -0.2) is 104 Å². The highest BCUT2D eigenvalue weighted by atomic mass is 16.2. The number of nitrogens with zero attached hydrogens (tertiary/aromatic N) is 5. The highest BCUT2D eigenvalue weighted by Gasteiger charge is 2.28. The molecule has 3 aliphatic heterocycles. The van der Waals surface area contributed by atoms with E-state index in [0.717, 1.165) is 70.9 Å². The summed E-state index contributed by atoms with van der Waals surface area (Å²) in [7, 11) is 4.59. The van der Waals surface area contributed by atoms with Crippen LogP contribution in [0, 0.1) is 0 Å². The van der Waals surface area contributed by atoms with E-state index in [0.29, 0.717) is 12.1 Å². The number of rotatable bonds is 6. The van der Waals surface area contributed by atoms with Gasteiger partial charge in [0, 0.05) is 75.7 Å². The lowest BCUT2D eigenvalue weighted by atomic mass is 9.93. The van der Waals surface area contributed by atoms with Crippen molar-refractivity contribution in [1.29, 1.82) is 0 Å². The van der Waals surface area contributed by atoms with Gasteiger partial charge in [-0.15, -0.1) is 0 Å². The number of hydrogen-bond acceptors (Lipinski definition) is 5. The van der Waals surface area contributed by atoms with Gasteiger partial charge in [-0.2, -0.15) is 0 Å². The molecule has 36 heavy (non-hydrogen) atoms. The molecule has 3 heterocycles. The zero-order chi connectivity index (χ0) is 25.1. The summed E-state index contributed by atoms with van der Waals surface area (Å²) in [6.45, 7) is 11.2. The van der Waals surface area contributed by atoms with Gasteiger partial charge in [-0.3, -0.25) is 9.69 Å². The molecule has 2 saturated heterocycles. The van der Waals surface area contributed by atoms with Crippen molar-refractivity contribution < 1.29 is 4.79 Å². The number of fused-ring (bicyclic) bond motifs is 1. The van der Waals surface area contributed by atoms with Crippen molar-refractivity contribution in [1.82, 2.24) is 19.6 Å². The van der Waals surface area contributed by atoms with E-state index in [4.69, 9.17) is 0 Å². The van der Waals surface area contributed by atoms with Crippen molar-refractivity contribution in [2.75, 3.05) is 71.4 Å². The fraction of sp³-hybridized carbons (Fsp3) is 0.567. The van der Waals surface area contributed by atoms with Crippen LogP contribution in [0.15, 0.2) is 48.5 Å². The van der Waals surface area contributed by atoms with E-state index in [1.54, 1.807) is 0 Å². The van der Waals surface area contributed by atoms with Crippen molar-refractivity contribution in [2.45, 2.75) is 44.8 Å². The lowest BCUT2D eigenvalue weighted by Crippen LogP contribution is -2.50. The first-order valence-electron chi connectivity index (χ1n) is 13.9. The van der Waals surface area contributed by atoms with Crippen molar-refractivity contribution >= 4 is 11.6 Å². The summed E-state index contributed by atoms with van der Waals surface area (Å²) in [4.78, 5) is 25.0. The lowest BCUT2D eigenvalue weighted by Gasteiger charge is -2.41. The molecule has 0 radical (unpaired) electrons. The largest absolute Gasteiger partial charge is 0.371 e. The Morgan fingerprint density at radius 1 is 0.917 bits per heavy atom. The molecule has 0 aromatic heterocycles. The van der Waals surface area contributed by atoms with Crippen LogP contribution >= 0.6 is 0 Å². The zero-order valence-corrected chi connectivity index (χ0v) is 22.4. The maximum absolute atomic E-state index is 12.9. The molecule has 2 aromatic rings. The minimum atomic E-state index is 0.174. The van der Waals surface area contributed by atoms with Gasteiger partial charge >= 0.3 is 0 Å². The van der Waals surface area contributed by atoms with Gasteiger partial charge in [0.1, 0.15) is 0 Å². The molecule has 3 aliphatic rings. The smallest absolute Gasteiger partial charge is 0.253 e. The monoisotopic (exact) mass is 489 g/mol. The van der Waals surface area contributed by atoms with E-state index >= 15 is 0 Å². The Hall–Kier alpha value is -2.41. The highest BCUT2D eigenvalue weighted by molar-refractivity contribution is 5.94. The van der Waals surface area contributed by atoms with Crippen LogP contribution in [0.5, 0.6) is 0 Å². The zero-order valence-electron chi connectivity index (χ0n) is 22.4. The standard InChI is InChI=1S/C30H43N5O/c1-4-33-17-19-35(20-18-33)30(36)24-9-11-28(12-10-24)34-15-13-27(14-16-34)32(3)23-29-21-25-7-5-6-8-26(25)22-31(29)2/h5-12,27,29H,4,13-23H2,1-3H3/t29-/m0/s1. The van der Waals surface area contributed by atoms with Gasteiger partial charge in [0.15, 0.2) is 0 Å². The summed E-state index contributed by atoms with van der Waals surface area (Å²) in [5, 5.41) is 0. The number of amides is 1. The van der Waals surface area contributed by atoms with Crippen LogP contribution < -0.4 is 4.90 Å². The molecule has 2 aromatic carbocycles. The molecule has 1 atom stereocenters. The van der Waals surface area contributed by atoms with E-state index < -0.39 is 0 Å². The molecule has 1 amide bonds. The molecule has 0 N–H and O–H groups in total. The Kier molecular flexibility index (Phi) is 7.94. The first-order chi connectivity index (χ1) is 17.5. The SMILES string of the molecule is CCN1CCN(C(=O)c2ccc(N3CCC(N(C)C[C@@H]4Cc5ccccc5CN4C)CC3)cc2)CC1. The Balaban J connectivity index is 1.11. The molecule has 0 bridgehead atoms. The van der Waals surface area contributed by atoms with Crippen LogP contribution in [0.4, 0.5) is 5.69 Å². The minimum absolute atomic E-state index is 0.174. The Bertz CT molecular complexity index is 1010. The molecule has 0 unspecified atom stereocenters. The molecule has 6 nitrogen and oxygen atoms in total. The van der Waals surface area contributed by atoms with Crippen LogP contribution in [0.3, 0.4) is 0 Å². The number of likely N-dealkylation sites (N-methyl/N-ethyl adjacent to an activating group) is 3. The van der Waals surface area contributed by atoms with E-state index in [-0.39, 0.29) is 5.91 Å². The lowest BCUT2D eigenvalue weighted by molar-refractivity contribution is 0.0643. The third kappa shape index (κ3) is 5.61. The number of carbonyl (C=O) groups is 1. The molecular weight excluding hydrogens is 446 g/mol. The molecule has 0 aliphatic carbocycles. The van der Waals surface area contributed by atoms with Crippen molar-refractivity contribution in [3.63, 3.8) is 0 Å². The summed E-state index contributed by atoms with van der Waals surface area (Å²) in [5.41, 5.74) is 5.07. The van der Waals surface area contributed by atoms with Gasteiger partial charge < -0.3 is 19.6 Å².